The number of nitrogens with two attached hydrogens (primary N) is 2. The van der Waals surface area contributed by atoms with Gasteiger partial charge in [-0.25, -0.2) is 13.6 Å². The molecule has 0 heterocycles. The largest absolute Gasteiger partial charge is 0.397 e. The molecule has 0 atom stereocenters. The van der Waals surface area contributed by atoms with Gasteiger partial charge >= 0.3 is 0 Å². The predicted octanol–water partition coefficient (Wildman–Crippen LogP) is 1.13. The molecule has 1 aromatic rings. The first-order chi connectivity index (χ1) is 7.97. The average Bonchev–Trinajstić information content (AvgIpc) is 2.16. The second kappa shape index (κ2) is 4.54. The normalized spacial score (nSPS) is 16.5. The summed E-state index contributed by atoms with van der Waals surface area (Å²) in [5, 5.41) is 8.26. The van der Waals surface area contributed by atoms with Gasteiger partial charge in [-0.15, -0.1) is 0 Å². The van der Waals surface area contributed by atoms with E-state index in [0.29, 0.717) is 11.6 Å². The van der Waals surface area contributed by atoms with Crippen LogP contribution in [-0.4, -0.2) is 15.0 Å². The lowest BCUT2D eigenvalue weighted by Gasteiger charge is -2.26. The summed E-state index contributed by atoms with van der Waals surface area (Å²) in [6.07, 6.45) is 3.80. The standard InChI is InChI=1S/C11H17N3O2S/c12-10-6-9(17(13,15)16)4-5-11(10)14-7-8-2-1-3-8/h4-6,8,14H,1-3,7,12H2,(H2,13,15,16). The second-order valence-corrected chi connectivity index (χ2v) is 6.03. The van der Waals surface area contributed by atoms with Crippen LogP contribution in [0, 0.1) is 5.92 Å². The maximum Gasteiger partial charge on any atom is 0.238 e. The molecule has 0 saturated heterocycles. The summed E-state index contributed by atoms with van der Waals surface area (Å²) in [6.45, 7) is 0.888. The van der Waals surface area contributed by atoms with Gasteiger partial charge in [0.25, 0.3) is 0 Å². The highest BCUT2D eigenvalue weighted by Crippen LogP contribution is 2.28. The molecule has 0 unspecified atom stereocenters. The van der Waals surface area contributed by atoms with Crippen LogP contribution in [0.15, 0.2) is 23.1 Å². The van der Waals surface area contributed by atoms with Crippen molar-refractivity contribution in [1.29, 1.82) is 0 Å². The number of nitrogens with one attached hydrogen (secondary N) is 1. The maximum absolute atomic E-state index is 11.1. The molecule has 0 radical (unpaired) electrons. The van der Waals surface area contributed by atoms with E-state index in [-0.39, 0.29) is 4.90 Å². The van der Waals surface area contributed by atoms with Gasteiger partial charge in [-0.3, -0.25) is 0 Å². The van der Waals surface area contributed by atoms with Crippen LogP contribution >= 0.6 is 0 Å². The molecule has 5 N–H and O–H groups in total. The number of anilines is 2. The third-order valence-electron chi connectivity index (χ3n) is 3.16. The third kappa shape index (κ3) is 2.89. The highest BCUT2D eigenvalue weighted by atomic mass is 32.2. The van der Waals surface area contributed by atoms with E-state index in [1.165, 1.54) is 31.4 Å². The first-order valence-corrected chi connectivity index (χ1v) is 7.17. The van der Waals surface area contributed by atoms with E-state index in [4.69, 9.17) is 10.9 Å². The van der Waals surface area contributed by atoms with E-state index in [1.54, 1.807) is 6.07 Å². The number of benzene rings is 1. The number of hydrogen-bond donors (Lipinski definition) is 3. The zero-order valence-corrected chi connectivity index (χ0v) is 10.3. The van der Waals surface area contributed by atoms with Crippen molar-refractivity contribution in [1.82, 2.24) is 0 Å². The second-order valence-electron chi connectivity index (χ2n) is 4.47. The van der Waals surface area contributed by atoms with Crippen LogP contribution in [0.4, 0.5) is 11.4 Å². The average molecular weight is 255 g/mol. The van der Waals surface area contributed by atoms with Crippen molar-refractivity contribution < 1.29 is 8.42 Å². The quantitative estimate of drug-likeness (QED) is 0.702. The molecule has 1 fully saturated rings. The Labute approximate surface area is 101 Å². The Hall–Kier alpha value is -1.27. The Kier molecular flexibility index (Phi) is 3.26. The van der Waals surface area contributed by atoms with E-state index in [2.05, 4.69) is 5.32 Å². The van der Waals surface area contributed by atoms with Crippen LogP contribution in [0.2, 0.25) is 0 Å². The van der Waals surface area contributed by atoms with Gasteiger partial charge < -0.3 is 11.1 Å². The smallest absolute Gasteiger partial charge is 0.238 e. The zero-order valence-electron chi connectivity index (χ0n) is 9.52. The molecule has 0 aromatic heterocycles. The van der Waals surface area contributed by atoms with Gasteiger partial charge in [-0.05, 0) is 37.0 Å². The molecule has 1 aliphatic rings. The highest BCUT2D eigenvalue weighted by Gasteiger charge is 2.17. The SMILES string of the molecule is Nc1cc(S(N)(=O)=O)ccc1NCC1CCC1. The summed E-state index contributed by atoms with van der Waals surface area (Å²) in [5.74, 6) is 0.715. The van der Waals surface area contributed by atoms with Crippen LogP contribution < -0.4 is 16.2 Å². The number of hydrogen-bond acceptors (Lipinski definition) is 4. The summed E-state index contributed by atoms with van der Waals surface area (Å²) >= 11 is 0. The summed E-state index contributed by atoms with van der Waals surface area (Å²) in [4.78, 5) is 0.0456. The number of sulfonamides is 1. The van der Waals surface area contributed by atoms with Gasteiger partial charge in [0.1, 0.15) is 0 Å². The zero-order chi connectivity index (χ0) is 12.5. The summed E-state index contributed by atoms with van der Waals surface area (Å²) in [7, 11) is -3.67. The fraction of sp³-hybridized carbons (Fsp3) is 0.455. The fourth-order valence-corrected chi connectivity index (χ4v) is 2.38. The topological polar surface area (TPSA) is 98.2 Å². The van der Waals surface area contributed by atoms with E-state index in [1.807, 2.05) is 0 Å². The van der Waals surface area contributed by atoms with Crippen LogP contribution in [0.25, 0.3) is 0 Å². The van der Waals surface area contributed by atoms with Crippen molar-refractivity contribution in [3.05, 3.63) is 18.2 Å². The summed E-state index contributed by atoms with van der Waals surface area (Å²) < 4.78 is 22.2. The van der Waals surface area contributed by atoms with Crippen molar-refractivity contribution in [3.63, 3.8) is 0 Å². The lowest BCUT2D eigenvalue weighted by Crippen LogP contribution is -2.21. The first kappa shape index (κ1) is 12.2. The van der Waals surface area contributed by atoms with E-state index in [9.17, 15) is 8.42 Å². The van der Waals surface area contributed by atoms with E-state index in [0.717, 1.165) is 12.2 Å². The molecule has 0 bridgehead atoms. The fourth-order valence-electron chi connectivity index (χ4n) is 1.83. The Morgan fingerprint density at radius 2 is 2.06 bits per heavy atom. The van der Waals surface area contributed by atoms with Gasteiger partial charge in [-0.1, -0.05) is 6.42 Å². The highest BCUT2D eigenvalue weighted by molar-refractivity contribution is 7.89. The molecule has 2 rings (SSSR count). The molecule has 0 spiro atoms. The molecule has 0 aliphatic heterocycles. The van der Waals surface area contributed by atoms with Gasteiger partial charge in [0, 0.05) is 6.54 Å². The molecular weight excluding hydrogens is 238 g/mol. The van der Waals surface area contributed by atoms with Crippen molar-refractivity contribution in [2.75, 3.05) is 17.6 Å². The van der Waals surface area contributed by atoms with Crippen LogP contribution in [0.1, 0.15) is 19.3 Å². The maximum atomic E-state index is 11.1. The Bertz CT molecular complexity index is 509. The van der Waals surface area contributed by atoms with Crippen LogP contribution in [-0.2, 0) is 10.0 Å². The molecule has 5 nitrogen and oxygen atoms in total. The Morgan fingerprint density at radius 3 is 2.53 bits per heavy atom. The van der Waals surface area contributed by atoms with Crippen molar-refractivity contribution >= 4 is 21.4 Å². The van der Waals surface area contributed by atoms with Crippen molar-refractivity contribution in [2.45, 2.75) is 24.2 Å². The van der Waals surface area contributed by atoms with E-state index >= 15 is 0 Å². The molecule has 1 aliphatic carbocycles. The van der Waals surface area contributed by atoms with Crippen LogP contribution in [0.3, 0.4) is 0 Å². The molecular formula is C11H17N3O2S. The van der Waals surface area contributed by atoms with Gasteiger partial charge in [-0.2, -0.15) is 0 Å². The lowest BCUT2D eigenvalue weighted by atomic mass is 9.85. The van der Waals surface area contributed by atoms with Gasteiger partial charge in [0.15, 0.2) is 0 Å². The molecule has 1 aromatic carbocycles. The molecule has 0 amide bonds. The minimum Gasteiger partial charge on any atom is -0.397 e. The van der Waals surface area contributed by atoms with Gasteiger partial charge in [0.05, 0.1) is 16.3 Å². The Morgan fingerprint density at radius 1 is 1.35 bits per heavy atom. The monoisotopic (exact) mass is 255 g/mol. The third-order valence-corrected chi connectivity index (χ3v) is 4.07. The first-order valence-electron chi connectivity index (χ1n) is 5.63. The molecule has 6 heteroatoms. The van der Waals surface area contributed by atoms with Crippen LogP contribution in [0.5, 0.6) is 0 Å². The Balaban J connectivity index is 2.08. The molecule has 1 saturated carbocycles. The van der Waals surface area contributed by atoms with Gasteiger partial charge in [0.2, 0.25) is 10.0 Å². The number of primary sulfonamides is 1. The number of rotatable bonds is 4. The molecule has 94 valence electrons. The number of nitrogen functional groups attached to an aromatic ring is 1. The van der Waals surface area contributed by atoms with Crippen molar-refractivity contribution in [3.8, 4) is 0 Å². The minimum absolute atomic E-state index is 0.0456. The minimum atomic E-state index is -3.67. The summed E-state index contributed by atoms with van der Waals surface area (Å²) in [5.41, 5.74) is 6.96. The predicted molar refractivity (Wildman–Crippen MR) is 68.1 cm³/mol. The summed E-state index contributed by atoms with van der Waals surface area (Å²) in [6, 6.07) is 4.51. The lowest BCUT2D eigenvalue weighted by molar-refractivity contribution is 0.333. The van der Waals surface area contributed by atoms with E-state index < -0.39 is 10.0 Å². The molecule has 17 heavy (non-hydrogen) atoms. The van der Waals surface area contributed by atoms with Crippen molar-refractivity contribution in [2.24, 2.45) is 11.1 Å².